The molecule has 0 aromatic carbocycles. The van der Waals surface area contributed by atoms with Crippen LogP contribution < -0.4 is 0 Å². The van der Waals surface area contributed by atoms with Gasteiger partial charge in [0.25, 0.3) is 0 Å². The van der Waals surface area contributed by atoms with Crippen molar-refractivity contribution in [2.24, 2.45) is 11.3 Å². The van der Waals surface area contributed by atoms with Crippen molar-refractivity contribution in [3.05, 3.63) is 0 Å². The Kier molecular flexibility index (Phi) is 2.47. The van der Waals surface area contributed by atoms with Gasteiger partial charge in [-0.2, -0.15) is 0 Å². The van der Waals surface area contributed by atoms with Gasteiger partial charge in [0, 0.05) is 5.41 Å². The van der Waals surface area contributed by atoms with Gasteiger partial charge in [-0.1, -0.05) is 33.6 Å². The maximum Gasteiger partial charge on any atom is 0.124 e. The second-order valence-corrected chi connectivity index (χ2v) is 5.47. The summed E-state index contributed by atoms with van der Waals surface area (Å²) in [6, 6.07) is 0. The molecular weight excluding hydrogens is 179 g/mol. The van der Waals surface area contributed by atoms with Gasteiger partial charge < -0.3 is 0 Å². The monoisotopic (exact) mass is 194 g/mol. The molecule has 1 saturated carbocycles. The van der Waals surface area contributed by atoms with Gasteiger partial charge in [0.05, 0.1) is 0 Å². The Morgan fingerprint density at radius 1 is 1.45 bits per heavy atom. The summed E-state index contributed by atoms with van der Waals surface area (Å²) in [6.07, 6.45) is 3.42. The predicted molar refractivity (Wildman–Crippen MR) is 51.2 cm³/mol. The molecule has 2 atom stereocenters. The van der Waals surface area contributed by atoms with E-state index in [0.29, 0.717) is 5.92 Å². The van der Waals surface area contributed by atoms with Crippen molar-refractivity contribution in [2.45, 2.75) is 44.4 Å². The lowest BCUT2D eigenvalue weighted by molar-refractivity contribution is 0.335. The summed E-state index contributed by atoms with van der Waals surface area (Å²) >= 11 is 12.1. The van der Waals surface area contributed by atoms with Crippen molar-refractivity contribution >= 4 is 23.2 Å². The van der Waals surface area contributed by atoms with Crippen LogP contribution in [0.5, 0.6) is 0 Å². The van der Waals surface area contributed by atoms with Crippen molar-refractivity contribution in [2.75, 3.05) is 0 Å². The third-order valence-electron chi connectivity index (χ3n) is 3.11. The Hall–Kier alpha value is 0.580. The van der Waals surface area contributed by atoms with Gasteiger partial charge in [0.1, 0.15) is 4.33 Å². The third kappa shape index (κ3) is 1.53. The fourth-order valence-electron chi connectivity index (χ4n) is 1.70. The molecule has 0 N–H and O–H groups in total. The van der Waals surface area contributed by atoms with Crippen molar-refractivity contribution in [3.8, 4) is 0 Å². The summed E-state index contributed by atoms with van der Waals surface area (Å²) in [7, 11) is 0. The van der Waals surface area contributed by atoms with Crippen LogP contribution in [0.3, 0.4) is 0 Å². The van der Waals surface area contributed by atoms with Crippen molar-refractivity contribution < 1.29 is 0 Å². The van der Waals surface area contributed by atoms with Crippen LogP contribution in [0.25, 0.3) is 0 Å². The molecule has 0 nitrogen and oxygen atoms in total. The molecule has 1 aliphatic carbocycles. The maximum atomic E-state index is 6.04. The zero-order chi connectivity index (χ0) is 8.70. The van der Waals surface area contributed by atoms with E-state index in [4.69, 9.17) is 23.2 Å². The van der Waals surface area contributed by atoms with E-state index >= 15 is 0 Å². The van der Waals surface area contributed by atoms with Gasteiger partial charge in [-0.05, 0) is 12.3 Å². The van der Waals surface area contributed by atoms with Crippen LogP contribution in [0.4, 0.5) is 0 Å². The Labute approximate surface area is 79.3 Å². The molecule has 1 rings (SSSR count). The van der Waals surface area contributed by atoms with E-state index in [2.05, 4.69) is 20.8 Å². The van der Waals surface area contributed by atoms with Gasteiger partial charge in [-0.15, -0.1) is 23.2 Å². The normalized spacial score (nSPS) is 36.8. The van der Waals surface area contributed by atoms with Gasteiger partial charge in [-0.25, -0.2) is 0 Å². The van der Waals surface area contributed by atoms with Crippen LogP contribution >= 0.6 is 23.2 Å². The molecule has 1 fully saturated rings. The number of hydrogen-bond acceptors (Lipinski definition) is 0. The Balaban J connectivity index is 2.49. The summed E-state index contributed by atoms with van der Waals surface area (Å²) in [5.74, 6) is 0.655. The molecular formula is C9H16Cl2. The topological polar surface area (TPSA) is 0 Å². The Bertz CT molecular complexity index is 154. The highest BCUT2D eigenvalue weighted by molar-refractivity contribution is 6.51. The summed E-state index contributed by atoms with van der Waals surface area (Å²) in [4.78, 5) is 0. The molecule has 0 aromatic heterocycles. The molecule has 1 aliphatic rings. The van der Waals surface area contributed by atoms with Gasteiger partial charge in [0.2, 0.25) is 0 Å². The fraction of sp³-hybridized carbons (Fsp3) is 1.00. The summed E-state index contributed by atoms with van der Waals surface area (Å²) in [5, 5.41) is 0. The lowest BCUT2D eigenvalue weighted by Crippen LogP contribution is -2.15. The SMILES string of the molecule is CCCC(C)C1(C)CC1(Cl)Cl. The largest absolute Gasteiger partial charge is 0.124 e. The molecule has 66 valence electrons. The first-order valence-electron chi connectivity index (χ1n) is 4.32. The van der Waals surface area contributed by atoms with E-state index in [0.717, 1.165) is 6.42 Å². The molecule has 2 unspecified atom stereocenters. The fourth-order valence-corrected chi connectivity index (χ4v) is 2.63. The summed E-state index contributed by atoms with van der Waals surface area (Å²) in [5.41, 5.74) is 0.187. The second kappa shape index (κ2) is 2.81. The smallest absolute Gasteiger partial charge is 0.101 e. The molecule has 0 saturated heterocycles. The third-order valence-corrected chi connectivity index (χ3v) is 4.24. The maximum absolute atomic E-state index is 6.04. The van der Waals surface area contributed by atoms with E-state index in [1.54, 1.807) is 0 Å². The first kappa shape index (κ1) is 9.67. The average Bonchev–Trinajstić information content (AvgIpc) is 2.35. The first-order chi connectivity index (χ1) is 4.94. The summed E-state index contributed by atoms with van der Waals surface area (Å²) < 4.78 is -0.429. The Morgan fingerprint density at radius 2 is 1.91 bits per heavy atom. The van der Waals surface area contributed by atoms with Crippen LogP contribution in [0.1, 0.15) is 40.0 Å². The second-order valence-electron chi connectivity index (χ2n) is 3.99. The zero-order valence-corrected chi connectivity index (χ0v) is 8.97. The predicted octanol–water partition coefficient (Wildman–Crippen LogP) is 4.01. The number of hydrogen-bond donors (Lipinski definition) is 0. The number of alkyl halides is 2. The molecule has 2 heteroatoms. The van der Waals surface area contributed by atoms with Crippen LogP contribution in [-0.4, -0.2) is 4.33 Å². The van der Waals surface area contributed by atoms with Crippen molar-refractivity contribution in [1.29, 1.82) is 0 Å². The van der Waals surface area contributed by atoms with E-state index < -0.39 is 4.33 Å². The highest BCUT2D eigenvalue weighted by Gasteiger charge is 2.64. The quantitative estimate of drug-likeness (QED) is 0.597. The molecule has 0 amide bonds. The van der Waals surface area contributed by atoms with E-state index in [-0.39, 0.29) is 5.41 Å². The summed E-state index contributed by atoms with van der Waals surface area (Å²) in [6.45, 7) is 6.63. The van der Waals surface area contributed by atoms with Crippen LogP contribution in [0.15, 0.2) is 0 Å². The van der Waals surface area contributed by atoms with Crippen molar-refractivity contribution in [3.63, 3.8) is 0 Å². The van der Waals surface area contributed by atoms with E-state index in [1.807, 2.05) is 0 Å². The number of halogens is 2. The van der Waals surface area contributed by atoms with Crippen LogP contribution in [0.2, 0.25) is 0 Å². The lowest BCUT2D eigenvalue weighted by atomic mass is 9.89. The Morgan fingerprint density at radius 3 is 2.18 bits per heavy atom. The van der Waals surface area contributed by atoms with Crippen LogP contribution in [0, 0.1) is 11.3 Å². The van der Waals surface area contributed by atoms with Gasteiger partial charge in [0.15, 0.2) is 0 Å². The van der Waals surface area contributed by atoms with E-state index in [1.165, 1.54) is 12.8 Å². The molecule has 0 aliphatic heterocycles. The number of rotatable bonds is 3. The minimum Gasteiger partial charge on any atom is -0.101 e. The van der Waals surface area contributed by atoms with E-state index in [9.17, 15) is 0 Å². The molecule has 0 bridgehead atoms. The zero-order valence-electron chi connectivity index (χ0n) is 7.45. The average molecular weight is 195 g/mol. The van der Waals surface area contributed by atoms with Gasteiger partial charge in [-0.3, -0.25) is 0 Å². The van der Waals surface area contributed by atoms with Crippen molar-refractivity contribution in [1.82, 2.24) is 0 Å². The highest BCUT2D eigenvalue weighted by Crippen LogP contribution is 2.68. The minimum absolute atomic E-state index is 0.187. The molecule has 11 heavy (non-hydrogen) atoms. The van der Waals surface area contributed by atoms with Gasteiger partial charge >= 0.3 is 0 Å². The molecule has 0 heterocycles. The lowest BCUT2D eigenvalue weighted by Gasteiger charge is -2.20. The molecule has 0 radical (unpaired) electrons. The molecule has 0 spiro atoms. The molecule has 0 aromatic rings. The first-order valence-corrected chi connectivity index (χ1v) is 5.07. The highest BCUT2D eigenvalue weighted by atomic mass is 35.5. The minimum atomic E-state index is -0.429. The van der Waals surface area contributed by atoms with Crippen LogP contribution in [-0.2, 0) is 0 Å². The standard InChI is InChI=1S/C9H16Cl2/c1-4-5-7(2)8(3)6-9(8,10)11/h7H,4-6H2,1-3H3.